The number of rotatable bonds is 8. The lowest BCUT2D eigenvalue weighted by Crippen LogP contribution is -2.61. The van der Waals surface area contributed by atoms with Crippen LogP contribution in [0.5, 0.6) is 0 Å². The van der Waals surface area contributed by atoms with Gasteiger partial charge in [-0.3, -0.25) is 9.63 Å². The average Bonchev–Trinajstić information content (AvgIpc) is 2.81. The van der Waals surface area contributed by atoms with E-state index in [-0.39, 0.29) is 6.61 Å². The molecule has 3 rings (SSSR count). The summed E-state index contributed by atoms with van der Waals surface area (Å²) < 4.78 is 19.1. The van der Waals surface area contributed by atoms with Crippen LogP contribution in [0.2, 0.25) is 0 Å². The first-order valence-corrected chi connectivity index (χ1v) is 10.9. The van der Waals surface area contributed by atoms with Gasteiger partial charge in [0, 0.05) is 32.1 Å². The number of methoxy groups -OCH3 is 1. The van der Waals surface area contributed by atoms with Gasteiger partial charge in [-0.1, -0.05) is 55.5 Å². The number of ether oxygens (including phenoxy) is 1. The van der Waals surface area contributed by atoms with E-state index in [0.717, 1.165) is 11.6 Å². The lowest BCUT2D eigenvalue weighted by molar-refractivity contribution is -0.240. The molecule has 0 N–H and O–H groups in total. The van der Waals surface area contributed by atoms with Gasteiger partial charge in [-0.05, 0) is 30.4 Å². The largest absolute Gasteiger partial charge is 0.467 e. The molecule has 1 aliphatic rings. The number of nitrogens with zero attached hydrogens (tertiary/aromatic N) is 2. The number of carbonyl (C=O) groups excluding carboxylic acids is 2. The summed E-state index contributed by atoms with van der Waals surface area (Å²) in [6.45, 7) is 5.43. The Hall–Kier alpha value is -2.77. The molecule has 0 saturated carbocycles. The van der Waals surface area contributed by atoms with E-state index in [1.54, 1.807) is 18.2 Å². The molecule has 1 saturated heterocycles. The number of amides is 1. The molecule has 0 bridgehead atoms. The normalized spacial score (nSPS) is 16.9. The molecular weight excluding hydrogens is 411 g/mol. The zero-order valence-corrected chi connectivity index (χ0v) is 18.9. The van der Waals surface area contributed by atoms with E-state index in [4.69, 9.17) is 9.57 Å². The van der Waals surface area contributed by atoms with Gasteiger partial charge in [-0.25, -0.2) is 14.2 Å². The van der Waals surface area contributed by atoms with Crippen LogP contribution >= 0.6 is 0 Å². The zero-order chi connectivity index (χ0) is 23.1. The summed E-state index contributed by atoms with van der Waals surface area (Å²) in [6.07, 6.45) is 0.746. The standard InChI is InChI=1S/C25H31FN2O4/c1-19(21-9-5-4-6-10-21)17-27-15-13-25(14-16-27,24(30)31-3)28(20(2)29)32-18-22-11-7-8-12-23(22)26/h4-12,19H,13-18H2,1-3H3. The summed E-state index contributed by atoms with van der Waals surface area (Å²) in [5.41, 5.74) is 0.335. The van der Waals surface area contributed by atoms with E-state index >= 15 is 0 Å². The molecule has 1 unspecified atom stereocenters. The lowest BCUT2D eigenvalue weighted by Gasteiger charge is -2.45. The summed E-state index contributed by atoms with van der Waals surface area (Å²) in [7, 11) is 1.31. The van der Waals surface area contributed by atoms with Crippen LogP contribution in [0.15, 0.2) is 54.6 Å². The topological polar surface area (TPSA) is 59.1 Å². The molecule has 2 aromatic carbocycles. The van der Waals surface area contributed by atoms with Crippen molar-refractivity contribution in [2.75, 3.05) is 26.7 Å². The fourth-order valence-corrected chi connectivity index (χ4v) is 4.33. The molecule has 0 spiro atoms. The molecule has 1 aliphatic heterocycles. The lowest BCUT2D eigenvalue weighted by atomic mass is 9.86. The van der Waals surface area contributed by atoms with Crippen molar-refractivity contribution in [3.05, 3.63) is 71.5 Å². The Morgan fingerprint density at radius 3 is 2.31 bits per heavy atom. The van der Waals surface area contributed by atoms with Crippen molar-refractivity contribution < 1.29 is 23.6 Å². The van der Waals surface area contributed by atoms with Crippen molar-refractivity contribution in [3.8, 4) is 0 Å². The molecule has 1 heterocycles. The molecule has 2 aromatic rings. The van der Waals surface area contributed by atoms with Crippen LogP contribution in [-0.2, 0) is 25.8 Å². The molecule has 0 radical (unpaired) electrons. The summed E-state index contributed by atoms with van der Waals surface area (Å²) >= 11 is 0. The van der Waals surface area contributed by atoms with E-state index in [1.165, 1.54) is 25.7 Å². The first-order chi connectivity index (χ1) is 15.4. The first kappa shape index (κ1) is 23.9. The van der Waals surface area contributed by atoms with Gasteiger partial charge in [0.1, 0.15) is 12.4 Å². The van der Waals surface area contributed by atoms with E-state index in [2.05, 4.69) is 24.0 Å². The molecule has 0 aliphatic carbocycles. The third-order valence-electron chi connectivity index (χ3n) is 6.13. The molecule has 6 nitrogen and oxygen atoms in total. The summed E-state index contributed by atoms with van der Waals surface area (Å²) in [6, 6.07) is 16.5. The highest BCUT2D eigenvalue weighted by Gasteiger charge is 2.50. The number of hydrogen-bond acceptors (Lipinski definition) is 5. The summed E-state index contributed by atoms with van der Waals surface area (Å²) in [4.78, 5) is 33.4. The number of benzene rings is 2. The van der Waals surface area contributed by atoms with Crippen molar-refractivity contribution in [2.45, 2.75) is 44.8 Å². The molecule has 0 aromatic heterocycles. The second-order valence-electron chi connectivity index (χ2n) is 8.31. The second-order valence-corrected chi connectivity index (χ2v) is 8.31. The Labute approximate surface area is 188 Å². The predicted molar refractivity (Wildman–Crippen MR) is 119 cm³/mol. The van der Waals surface area contributed by atoms with Gasteiger partial charge in [0.15, 0.2) is 5.54 Å². The van der Waals surface area contributed by atoms with Crippen LogP contribution in [0.3, 0.4) is 0 Å². The van der Waals surface area contributed by atoms with Gasteiger partial charge in [0.25, 0.3) is 0 Å². The minimum absolute atomic E-state index is 0.153. The highest BCUT2D eigenvalue weighted by molar-refractivity contribution is 5.86. The number of hydroxylamine groups is 2. The number of halogens is 1. The van der Waals surface area contributed by atoms with Gasteiger partial charge in [-0.15, -0.1) is 0 Å². The Bertz CT molecular complexity index is 913. The third-order valence-corrected chi connectivity index (χ3v) is 6.13. The molecule has 1 atom stereocenters. The maximum absolute atomic E-state index is 14.0. The fraction of sp³-hybridized carbons (Fsp3) is 0.440. The molecule has 1 amide bonds. The number of esters is 1. The summed E-state index contributed by atoms with van der Waals surface area (Å²) in [5.74, 6) is -1.02. The van der Waals surface area contributed by atoms with Crippen molar-refractivity contribution in [3.63, 3.8) is 0 Å². The number of carbonyl (C=O) groups is 2. The van der Waals surface area contributed by atoms with Gasteiger partial charge in [0.2, 0.25) is 5.91 Å². The first-order valence-electron chi connectivity index (χ1n) is 10.9. The van der Waals surface area contributed by atoms with Crippen molar-refractivity contribution in [1.29, 1.82) is 0 Å². The molecule has 7 heteroatoms. The highest BCUT2D eigenvalue weighted by atomic mass is 19.1. The minimum atomic E-state index is -1.24. The SMILES string of the molecule is COC(=O)C1(N(OCc2ccccc2F)C(C)=O)CCN(CC(C)c2ccccc2)CC1. The smallest absolute Gasteiger partial charge is 0.334 e. The maximum atomic E-state index is 14.0. The van der Waals surface area contributed by atoms with E-state index in [9.17, 15) is 14.0 Å². The van der Waals surface area contributed by atoms with Gasteiger partial charge < -0.3 is 9.64 Å². The molecule has 1 fully saturated rings. The molecular formula is C25H31FN2O4. The van der Waals surface area contributed by atoms with E-state index in [0.29, 0.717) is 37.4 Å². The van der Waals surface area contributed by atoms with E-state index < -0.39 is 23.2 Å². The van der Waals surface area contributed by atoms with Crippen molar-refractivity contribution >= 4 is 11.9 Å². The third kappa shape index (κ3) is 5.34. The van der Waals surface area contributed by atoms with E-state index in [1.807, 2.05) is 18.2 Å². The Balaban J connectivity index is 1.72. The minimum Gasteiger partial charge on any atom is -0.467 e. The highest BCUT2D eigenvalue weighted by Crippen LogP contribution is 2.33. The van der Waals surface area contributed by atoms with Crippen molar-refractivity contribution in [2.24, 2.45) is 0 Å². The monoisotopic (exact) mass is 442 g/mol. The quantitative estimate of drug-likeness (QED) is 0.458. The number of likely N-dealkylation sites (tertiary alicyclic amines) is 1. The van der Waals surface area contributed by atoms with Crippen molar-refractivity contribution in [1.82, 2.24) is 9.96 Å². The number of hydrogen-bond donors (Lipinski definition) is 0. The molecule has 172 valence electrons. The van der Waals surface area contributed by atoms with Gasteiger partial charge in [0.05, 0.1) is 7.11 Å². The Morgan fingerprint density at radius 2 is 1.72 bits per heavy atom. The molecule has 32 heavy (non-hydrogen) atoms. The Morgan fingerprint density at radius 1 is 1.09 bits per heavy atom. The number of piperidine rings is 1. The van der Waals surface area contributed by atoms with Gasteiger partial charge >= 0.3 is 5.97 Å². The second kappa shape index (κ2) is 10.7. The average molecular weight is 443 g/mol. The fourth-order valence-electron chi connectivity index (χ4n) is 4.33. The van der Waals surface area contributed by atoms with Crippen LogP contribution in [-0.4, -0.2) is 54.1 Å². The van der Waals surface area contributed by atoms with Crippen LogP contribution in [0, 0.1) is 5.82 Å². The zero-order valence-electron chi connectivity index (χ0n) is 18.9. The van der Waals surface area contributed by atoms with Crippen LogP contribution in [0.1, 0.15) is 43.7 Å². The predicted octanol–water partition coefficient (Wildman–Crippen LogP) is 3.92. The Kier molecular flexibility index (Phi) is 7.99. The maximum Gasteiger partial charge on any atom is 0.334 e. The van der Waals surface area contributed by atoms with Crippen LogP contribution in [0.25, 0.3) is 0 Å². The van der Waals surface area contributed by atoms with Crippen LogP contribution < -0.4 is 0 Å². The van der Waals surface area contributed by atoms with Crippen LogP contribution in [0.4, 0.5) is 4.39 Å². The van der Waals surface area contributed by atoms with Gasteiger partial charge in [-0.2, -0.15) is 0 Å². The summed E-state index contributed by atoms with van der Waals surface area (Å²) in [5, 5.41) is 1.10.